The van der Waals surface area contributed by atoms with Crippen molar-refractivity contribution in [3.8, 4) is 0 Å². The first-order chi connectivity index (χ1) is 17.2. The highest BCUT2D eigenvalue weighted by Crippen LogP contribution is 2.48. The van der Waals surface area contributed by atoms with Gasteiger partial charge in [0.05, 0.1) is 6.10 Å². The molecule has 1 saturated carbocycles. The zero-order valence-corrected chi connectivity index (χ0v) is 26.0. The molecule has 0 radical (unpaired) electrons. The fraction of sp³-hybridized carbons (Fsp3) is 0.704. The van der Waals surface area contributed by atoms with Crippen LogP contribution in [0.4, 0.5) is 5.82 Å². The SMILES string of the molecule is C=C1C[C@@H](c2ccc3c(N(COCC[Si](C)(C)C)COCC[Si](C)(C)C)ncnn23)[C@@H]2OC(C)(C)O[C@H]12. The van der Waals surface area contributed by atoms with Gasteiger partial charge in [0.2, 0.25) is 0 Å². The number of ether oxygens (including phenoxy) is 4. The van der Waals surface area contributed by atoms with Gasteiger partial charge in [-0.1, -0.05) is 45.9 Å². The van der Waals surface area contributed by atoms with Gasteiger partial charge in [-0.3, -0.25) is 0 Å². The summed E-state index contributed by atoms with van der Waals surface area (Å²) in [6, 6.07) is 6.48. The Morgan fingerprint density at radius 3 is 2.24 bits per heavy atom. The third kappa shape index (κ3) is 7.10. The van der Waals surface area contributed by atoms with Crippen molar-refractivity contribution in [3.63, 3.8) is 0 Å². The first kappa shape index (κ1) is 28.4. The van der Waals surface area contributed by atoms with Crippen LogP contribution in [0.3, 0.4) is 0 Å². The quantitative estimate of drug-likeness (QED) is 0.146. The second kappa shape index (κ2) is 10.9. The molecule has 10 heteroatoms. The zero-order chi connectivity index (χ0) is 27.0. The van der Waals surface area contributed by atoms with Crippen LogP contribution in [0.25, 0.3) is 5.52 Å². The van der Waals surface area contributed by atoms with E-state index in [0.717, 1.165) is 54.3 Å². The van der Waals surface area contributed by atoms with Crippen LogP contribution in [0.1, 0.15) is 31.9 Å². The van der Waals surface area contributed by atoms with E-state index in [1.54, 1.807) is 6.33 Å². The Kier molecular flexibility index (Phi) is 8.38. The summed E-state index contributed by atoms with van der Waals surface area (Å²) < 4.78 is 26.7. The number of hydrogen-bond acceptors (Lipinski definition) is 7. The average molecular weight is 547 g/mol. The highest BCUT2D eigenvalue weighted by molar-refractivity contribution is 6.76. The molecule has 0 spiro atoms. The Morgan fingerprint density at radius 2 is 1.65 bits per heavy atom. The Balaban J connectivity index is 1.55. The summed E-state index contributed by atoms with van der Waals surface area (Å²) >= 11 is 0. The molecule has 3 heterocycles. The summed E-state index contributed by atoms with van der Waals surface area (Å²) in [5, 5.41) is 4.64. The van der Waals surface area contributed by atoms with Crippen LogP contribution in [-0.4, -0.2) is 75.4 Å². The topological polar surface area (TPSA) is 70.4 Å². The van der Waals surface area contributed by atoms with Gasteiger partial charge in [-0.15, -0.1) is 0 Å². The van der Waals surface area contributed by atoms with E-state index in [1.165, 1.54) is 0 Å². The molecule has 0 bridgehead atoms. The second-order valence-electron chi connectivity index (χ2n) is 13.4. The standard InChI is InChI=1S/C27H46N4O4Si2/c1-20-16-21(25-24(20)34-27(2,3)35-25)22-10-11-23-26(28-17-29-31(22)23)30(18-32-12-14-36(4,5)6)19-33-13-15-37(7,8)9/h10-11,17,21,24-25H,1,12-16,18-19H2,2-9H3/t21-,24+,25-/m0/s1. The summed E-state index contributed by atoms with van der Waals surface area (Å²) in [6.45, 7) is 24.8. The molecule has 1 saturated heterocycles. The lowest BCUT2D eigenvalue weighted by Crippen LogP contribution is -2.33. The van der Waals surface area contributed by atoms with E-state index in [4.69, 9.17) is 18.9 Å². The predicted octanol–water partition coefficient (Wildman–Crippen LogP) is 5.72. The molecule has 2 aromatic rings. The molecule has 0 N–H and O–H groups in total. The highest BCUT2D eigenvalue weighted by atomic mass is 28.3. The largest absolute Gasteiger partial charge is 0.361 e. The lowest BCUT2D eigenvalue weighted by molar-refractivity contribution is -0.148. The van der Waals surface area contributed by atoms with Gasteiger partial charge in [0.15, 0.2) is 11.6 Å². The Hall–Kier alpha value is -1.57. The Bertz CT molecular complexity index is 1070. The fourth-order valence-corrected chi connectivity index (χ4v) is 6.43. The summed E-state index contributed by atoms with van der Waals surface area (Å²) in [7, 11) is -2.34. The molecule has 1 aliphatic heterocycles. The molecular formula is C27H46N4O4Si2. The van der Waals surface area contributed by atoms with E-state index in [2.05, 4.69) is 73.0 Å². The number of nitrogens with zero attached hydrogens (tertiary/aromatic N) is 4. The minimum Gasteiger partial charge on any atom is -0.361 e. The highest BCUT2D eigenvalue weighted by Gasteiger charge is 2.52. The van der Waals surface area contributed by atoms with Crippen LogP contribution in [0, 0.1) is 0 Å². The van der Waals surface area contributed by atoms with Crippen LogP contribution in [0.5, 0.6) is 0 Å². The van der Waals surface area contributed by atoms with Gasteiger partial charge < -0.3 is 23.8 Å². The maximum absolute atomic E-state index is 6.31. The maximum atomic E-state index is 6.31. The van der Waals surface area contributed by atoms with Gasteiger partial charge in [-0.25, -0.2) is 9.50 Å². The summed E-state index contributed by atoms with van der Waals surface area (Å²) in [5.41, 5.74) is 3.11. The molecule has 2 fully saturated rings. The van der Waals surface area contributed by atoms with E-state index in [0.29, 0.717) is 13.5 Å². The van der Waals surface area contributed by atoms with Crippen LogP contribution in [-0.2, 0) is 18.9 Å². The molecule has 0 amide bonds. The number of fused-ring (bicyclic) bond motifs is 2. The van der Waals surface area contributed by atoms with Gasteiger partial charge in [0, 0.05) is 41.0 Å². The molecule has 3 atom stereocenters. The number of rotatable bonds is 12. The van der Waals surface area contributed by atoms with Crippen molar-refractivity contribution >= 4 is 27.5 Å². The van der Waals surface area contributed by atoms with Crippen molar-refractivity contribution in [2.75, 3.05) is 31.6 Å². The van der Waals surface area contributed by atoms with Gasteiger partial charge in [0.1, 0.15) is 31.4 Å². The van der Waals surface area contributed by atoms with E-state index < -0.39 is 21.9 Å². The lowest BCUT2D eigenvalue weighted by atomic mass is 10.0. The van der Waals surface area contributed by atoms with Gasteiger partial charge in [-0.05, 0) is 50.1 Å². The third-order valence-corrected chi connectivity index (χ3v) is 10.4. The minimum atomic E-state index is -1.17. The molecule has 2 aromatic heterocycles. The molecule has 206 valence electrons. The lowest BCUT2D eigenvalue weighted by Gasteiger charge is -2.26. The number of anilines is 1. The number of aromatic nitrogens is 3. The van der Waals surface area contributed by atoms with Crippen molar-refractivity contribution in [3.05, 3.63) is 36.3 Å². The fourth-order valence-electron chi connectivity index (χ4n) is 4.92. The summed E-state index contributed by atoms with van der Waals surface area (Å²) in [5.74, 6) is 0.333. The molecular weight excluding hydrogens is 500 g/mol. The summed E-state index contributed by atoms with van der Waals surface area (Å²) in [4.78, 5) is 6.77. The Morgan fingerprint density at radius 1 is 1.03 bits per heavy atom. The molecule has 37 heavy (non-hydrogen) atoms. The smallest absolute Gasteiger partial charge is 0.164 e. The Labute approximate surface area is 224 Å². The maximum Gasteiger partial charge on any atom is 0.164 e. The van der Waals surface area contributed by atoms with Crippen molar-refractivity contribution in [1.29, 1.82) is 0 Å². The molecule has 0 unspecified atom stereocenters. The van der Waals surface area contributed by atoms with Crippen LogP contribution >= 0.6 is 0 Å². The molecule has 2 aliphatic rings. The first-order valence-electron chi connectivity index (χ1n) is 13.5. The molecule has 0 aromatic carbocycles. The molecule has 4 rings (SSSR count). The van der Waals surface area contributed by atoms with Gasteiger partial charge >= 0.3 is 0 Å². The van der Waals surface area contributed by atoms with Crippen molar-refractivity contribution in [2.45, 2.75) is 95.6 Å². The molecule has 8 nitrogen and oxygen atoms in total. The summed E-state index contributed by atoms with van der Waals surface area (Å²) in [6.07, 6.45) is 2.30. The van der Waals surface area contributed by atoms with Crippen LogP contribution in [0.2, 0.25) is 51.4 Å². The number of hydrogen-bond donors (Lipinski definition) is 0. The van der Waals surface area contributed by atoms with E-state index >= 15 is 0 Å². The third-order valence-electron chi connectivity index (χ3n) is 7.04. The van der Waals surface area contributed by atoms with Crippen molar-refractivity contribution < 1.29 is 18.9 Å². The van der Waals surface area contributed by atoms with E-state index in [-0.39, 0.29) is 18.1 Å². The van der Waals surface area contributed by atoms with E-state index in [1.807, 2.05) is 18.4 Å². The van der Waals surface area contributed by atoms with Crippen LogP contribution in [0.15, 0.2) is 30.6 Å². The first-order valence-corrected chi connectivity index (χ1v) is 20.9. The van der Waals surface area contributed by atoms with Crippen LogP contribution < -0.4 is 4.90 Å². The minimum absolute atomic E-state index is 0.0649. The van der Waals surface area contributed by atoms with Gasteiger partial charge in [0.25, 0.3) is 0 Å². The van der Waals surface area contributed by atoms with E-state index in [9.17, 15) is 0 Å². The zero-order valence-electron chi connectivity index (χ0n) is 24.0. The predicted molar refractivity (Wildman–Crippen MR) is 154 cm³/mol. The van der Waals surface area contributed by atoms with Crippen molar-refractivity contribution in [1.82, 2.24) is 14.6 Å². The van der Waals surface area contributed by atoms with Crippen molar-refractivity contribution in [2.24, 2.45) is 0 Å². The average Bonchev–Trinajstić information content (AvgIpc) is 3.43. The normalized spacial score (nSPS) is 23.7. The van der Waals surface area contributed by atoms with Gasteiger partial charge in [-0.2, -0.15) is 5.10 Å². The monoisotopic (exact) mass is 546 g/mol. The second-order valence-corrected chi connectivity index (χ2v) is 24.6. The molecule has 1 aliphatic carbocycles.